The van der Waals surface area contributed by atoms with Crippen LogP contribution in [0.4, 0.5) is 5.82 Å². The van der Waals surface area contributed by atoms with E-state index in [4.69, 9.17) is 4.98 Å². The SMILES string of the molecule is CC(=NNc1cc(-c2ccccc2)nc(-c2ccc(Br)cc2)n1)c1ccc(O)cc1. The predicted molar refractivity (Wildman–Crippen MR) is 125 cm³/mol. The van der Waals surface area contributed by atoms with Crippen molar-refractivity contribution in [1.82, 2.24) is 9.97 Å². The molecule has 30 heavy (non-hydrogen) atoms. The number of hydrogen-bond acceptors (Lipinski definition) is 5. The normalized spacial score (nSPS) is 11.3. The van der Waals surface area contributed by atoms with E-state index in [1.165, 1.54) is 0 Å². The van der Waals surface area contributed by atoms with Crippen LogP contribution in [-0.4, -0.2) is 20.8 Å². The molecule has 4 rings (SSSR count). The molecule has 0 saturated heterocycles. The molecule has 0 amide bonds. The van der Waals surface area contributed by atoms with Crippen molar-refractivity contribution >= 4 is 27.5 Å². The first-order valence-electron chi connectivity index (χ1n) is 9.38. The Bertz CT molecular complexity index is 1170. The first-order valence-corrected chi connectivity index (χ1v) is 10.2. The van der Waals surface area contributed by atoms with Gasteiger partial charge in [0.05, 0.1) is 11.4 Å². The average molecular weight is 459 g/mol. The minimum atomic E-state index is 0.224. The molecular weight excluding hydrogens is 440 g/mol. The van der Waals surface area contributed by atoms with Gasteiger partial charge < -0.3 is 5.11 Å². The van der Waals surface area contributed by atoms with Gasteiger partial charge in [0.2, 0.25) is 0 Å². The molecule has 0 saturated carbocycles. The third-order valence-electron chi connectivity index (χ3n) is 4.52. The van der Waals surface area contributed by atoms with Gasteiger partial charge in [-0.2, -0.15) is 5.10 Å². The van der Waals surface area contributed by atoms with Crippen LogP contribution in [0.15, 0.2) is 94.5 Å². The number of aromatic nitrogens is 2. The van der Waals surface area contributed by atoms with E-state index in [2.05, 4.69) is 31.4 Å². The standard InChI is InChI=1S/C24H19BrN4O/c1-16(17-9-13-21(30)14-10-17)28-29-23-15-22(18-5-3-2-4-6-18)26-24(27-23)19-7-11-20(25)12-8-19/h2-15,30H,1H3,(H,26,27,29). The van der Waals surface area contributed by atoms with E-state index in [0.717, 1.165) is 32.6 Å². The second-order valence-corrected chi connectivity index (χ2v) is 7.61. The Morgan fingerprint density at radius 1 is 0.867 bits per heavy atom. The van der Waals surface area contributed by atoms with Gasteiger partial charge in [0.25, 0.3) is 0 Å². The van der Waals surface area contributed by atoms with Gasteiger partial charge in [-0.1, -0.05) is 58.4 Å². The molecule has 1 heterocycles. The van der Waals surface area contributed by atoms with Gasteiger partial charge in [0.1, 0.15) is 5.75 Å². The topological polar surface area (TPSA) is 70.4 Å². The van der Waals surface area contributed by atoms with Crippen molar-refractivity contribution in [3.63, 3.8) is 0 Å². The van der Waals surface area contributed by atoms with E-state index in [1.807, 2.05) is 79.7 Å². The van der Waals surface area contributed by atoms with Crippen LogP contribution < -0.4 is 5.43 Å². The lowest BCUT2D eigenvalue weighted by Gasteiger charge is -2.09. The van der Waals surface area contributed by atoms with Crippen molar-refractivity contribution in [2.24, 2.45) is 5.10 Å². The van der Waals surface area contributed by atoms with E-state index in [-0.39, 0.29) is 5.75 Å². The lowest BCUT2D eigenvalue weighted by Crippen LogP contribution is -2.03. The number of nitrogens with one attached hydrogen (secondary N) is 1. The Hall–Kier alpha value is -3.51. The summed E-state index contributed by atoms with van der Waals surface area (Å²) in [5.74, 6) is 1.44. The number of phenolic OH excluding ortho intramolecular Hbond substituents is 1. The molecule has 4 aromatic rings. The van der Waals surface area contributed by atoms with E-state index >= 15 is 0 Å². The van der Waals surface area contributed by atoms with Crippen LogP contribution in [0, 0.1) is 0 Å². The molecular formula is C24H19BrN4O. The third-order valence-corrected chi connectivity index (χ3v) is 5.05. The van der Waals surface area contributed by atoms with Crippen LogP contribution in [0.5, 0.6) is 5.75 Å². The molecule has 0 aliphatic rings. The highest BCUT2D eigenvalue weighted by atomic mass is 79.9. The largest absolute Gasteiger partial charge is 0.508 e. The van der Waals surface area contributed by atoms with Gasteiger partial charge in [-0.3, -0.25) is 5.43 Å². The molecule has 148 valence electrons. The maximum Gasteiger partial charge on any atom is 0.162 e. The predicted octanol–water partition coefficient (Wildman–Crippen LogP) is 6.11. The van der Waals surface area contributed by atoms with Crippen molar-refractivity contribution in [3.8, 4) is 28.4 Å². The second kappa shape index (κ2) is 8.88. The lowest BCUT2D eigenvalue weighted by atomic mass is 10.1. The number of anilines is 1. The number of aromatic hydroxyl groups is 1. The first-order chi connectivity index (χ1) is 14.6. The highest BCUT2D eigenvalue weighted by molar-refractivity contribution is 9.10. The van der Waals surface area contributed by atoms with Crippen LogP contribution in [-0.2, 0) is 0 Å². The van der Waals surface area contributed by atoms with E-state index in [0.29, 0.717) is 11.6 Å². The zero-order chi connectivity index (χ0) is 20.9. The number of hydrogen-bond donors (Lipinski definition) is 2. The molecule has 0 atom stereocenters. The Labute approximate surface area is 183 Å². The van der Waals surface area contributed by atoms with Crippen LogP contribution in [0.1, 0.15) is 12.5 Å². The third kappa shape index (κ3) is 4.72. The number of hydrazone groups is 1. The Kier molecular flexibility index (Phi) is 5.86. The molecule has 0 unspecified atom stereocenters. The summed E-state index contributed by atoms with van der Waals surface area (Å²) in [7, 11) is 0. The summed E-state index contributed by atoms with van der Waals surface area (Å²) in [5, 5.41) is 13.9. The molecule has 0 aliphatic carbocycles. The maximum absolute atomic E-state index is 9.47. The van der Waals surface area contributed by atoms with Gasteiger partial charge in [-0.15, -0.1) is 0 Å². The van der Waals surface area contributed by atoms with E-state index in [9.17, 15) is 5.11 Å². The molecule has 0 fully saturated rings. The highest BCUT2D eigenvalue weighted by Crippen LogP contribution is 2.25. The molecule has 1 aromatic heterocycles. The van der Waals surface area contributed by atoms with Crippen molar-refractivity contribution in [2.75, 3.05) is 5.43 Å². The minimum Gasteiger partial charge on any atom is -0.508 e. The molecule has 0 aliphatic heterocycles. The fourth-order valence-electron chi connectivity index (χ4n) is 2.90. The lowest BCUT2D eigenvalue weighted by molar-refractivity contribution is 0.475. The molecule has 0 spiro atoms. The zero-order valence-corrected chi connectivity index (χ0v) is 17.8. The van der Waals surface area contributed by atoms with Gasteiger partial charge in [-0.25, -0.2) is 9.97 Å². The molecule has 6 heteroatoms. The fourth-order valence-corrected chi connectivity index (χ4v) is 3.16. The molecule has 3 aromatic carbocycles. The van der Waals surface area contributed by atoms with Gasteiger partial charge in [0.15, 0.2) is 11.6 Å². The minimum absolute atomic E-state index is 0.224. The number of rotatable bonds is 5. The summed E-state index contributed by atoms with van der Waals surface area (Å²) < 4.78 is 0.998. The zero-order valence-electron chi connectivity index (χ0n) is 16.2. The molecule has 0 bridgehead atoms. The quantitative estimate of drug-likeness (QED) is 0.279. The van der Waals surface area contributed by atoms with Crippen molar-refractivity contribution < 1.29 is 5.11 Å². The van der Waals surface area contributed by atoms with Gasteiger partial charge in [0, 0.05) is 21.7 Å². The number of benzene rings is 3. The monoisotopic (exact) mass is 458 g/mol. The number of phenols is 1. The smallest absolute Gasteiger partial charge is 0.162 e. The van der Waals surface area contributed by atoms with Crippen LogP contribution >= 0.6 is 15.9 Å². The number of nitrogens with zero attached hydrogens (tertiary/aromatic N) is 3. The summed E-state index contributed by atoms with van der Waals surface area (Å²) in [6.07, 6.45) is 0. The van der Waals surface area contributed by atoms with Crippen LogP contribution in [0.3, 0.4) is 0 Å². The van der Waals surface area contributed by atoms with Crippen molar-refractivity contribution in [1.29, 1.82) is 0 Å². The summed E-state index contributed by atoms with van der Waals surface area (Å²) >= 11 is 3.46. The first kappa shape index (κ1) is 19.8. The van der Waals surface area contributed by atoms with Crippen LogP contribution in [0.25, 0.3) is 22.6 Å². The van der Waals surface area contributed by atoms with Crippen LogP contribution in [0.2, 0.25) is 0 Å². The molecule has 5 nitrogen and oxygen atoms in total. The van der Waals surface area contributed by atoms with Gasteiger partial charge >= 0.3 is 0 Å². The van der Waals surface area contributed by atoms with E-state index < -0.39 is 0 Å². The van der Waals surface area contributed by atoms with Crippen molar-refractivity contribution in [2.45, 2.75) is 6.92 Å². The summed E-state index contributed by atoms with van der Waals surface area (Å²) in [6.45, 7) is 1.90. The summed E-state index contributed by atoms with van der Waals surface area (Å²) in [6, 6.07) is 26.6. The molecule has 0 radical (unpaired) electrons. The fraction of sp³-hybridized carbons (Fsp3) is 0.0417. The average Bonchev–Trinajstić information content (AvgIpc) is 2.79. The highest BCUT2D eigenvalue weighted by Gasteiger charge is 2.09. The van der Waals surface area contributed by atoms with E-state index in [1.54, 1.807) is 12.1 Å². The van der Waals surface area contributed by atoms with Crippen molar-refractivity contribution in [3.05, 3.63) is 95.0 Å². The van der Waals surface area contributed by atoms with Gasteiger partial charge in [-0.05, 0) is 48.9 Å². The molecule has 2 N–H and O–H groups in total. The number of halogens is 1. The maximum atomic E-state index is 9.47. The second-order valence-electron chi connectivity index (χ2n) is 6.69. The summed E-state index contributed by atoms with van der Waals surface area (Å²) in [5.41, 5.74) is 7.46. The summed E-state index contributed by atoms with van der Waals surface area (Å²) in [4.78, 5) is 9.41. The Morgan fingerprint density at radius 2 is 1.57 bits per heavy atom. The Balaban J connectivity index is 1.71. The Morgan fingerprint density at radius 3 is 2.27 bits per heavy atom.